The molecule has 25 heavy (non-hydrogen) atoms. The third-order valence-electron chi connectivity index (χ3n) is 3.65. The van der Waals surface area contributed by atoms with Crippen molar-refractivity contribution in [2.45, 2.75) is 6.54 Å². The second-order valence-corrected chi connectivity index (χ2v) is 7.34. The number of nitrogens with one attached hydrogen (secondary N) is 1. The minimum absolute atomic E-state index is 0.150. The molecule has 0 saturated heterocycles. The number of furan rings is 1. The monoisotopic (exact) mass is 368 g/mol. The van der Waals surface area contributed by atoms with Gasteiger partial charge in [0.2, 0.25) is 5.78 Å². The van der Waals surface area contributed by atoms with Crippen LogP contribution in [0, 0.1) is 0 Å². The van der Waals surface area contributed by atoms with E-state index < -0.39 is 0 Å². The van der Waals surface area contributed by atoms with Crippen molar-refractivity contribution in [3.8, 4) is 0 Å². The van der Waals surface area contributed by atoms with Gasteiger partial charge in [-0.1, -0.05) is 0 Å². The molecule has 0 aliphatic rings. The van der Waals surface area contributed by atoms with Crippen molar-refractivity contribution < 1.29 is 14.0 Å². The van der Waals surface area contributed by atoms with E-state index in [-0.39, 0.29) is 11.7 Å². The fraction of sp³-hybridized carbons (Fsp3) is 0.0556. The third kappa shape index (κ3) is 3.24. The van der Waals surface area contributed by atoms with Crippen molar-refractivity contribution in [3.05, 3.63) is 75.3 Å². The van der Waals surface area contributed by atoms with Gasteiger partial charge in [0.1, 0.15) is 0 Å². The van der Waals surface area contributed by atoms with Gasteiger partial charge in [0.15, 0.2) is 5.76 Å². The molecule has 0 aliphatic carbocycles. The Morgan fingerprint density at radius 1 is 1.16 bits per heavy atom. The number of ketones is 1. The maximum atomic E-state index is 12.3. The zero-order valence-corrected chi connectivity index (χ0v) is 14.5. The standard InChI is InChI=1S/C18H12N2O3S2/c21-17(14-2-1-7-23-14)15-6-4-12(25-15)9-19-18(22)11-3-5-13-16(8-11)24-10-20-13/h1-8,10H,9H2,(H,19,22). The van der Waals surface area contributed by atoms with Crippen molar-refractivity contribution in [1.82, 2.24) is 10.3 Å². The molecule has 0 atom stereocenters. The van der Waals surface area contributed by atoms with Crippen molar-refractivity contribution in [3.63, 3.8) is 0 Å². The number of hydrogen-bond acceptors (Lipinski definition) is 6. The summed E-state index contributed by atoms with van der Waals surface area (Å²) in [7, 11) is 0. The largest absolute Gasteiger partial charge is 0.461 e. The van der Waals surface area contributed by atoms with Gasteiger partial charge >= 0.3 is 0 Å². The lowest BCUT2D eigenvalue weighted by atomic mass is 10.2. The zero-order chi connectivity index (χ0) is 17.2. The number of thiophene rings is 1. The molecule has 7 heteroatoms. The highest BCUT2D eigenvalue weighted by Crippen LogP contribution is 2.21. The normalized spacial score (nSPS) is 10.9. The minimum Gasteiger partial charge on any atom is -0.461 e. The fourth-order valence-electron chi connectivity index (χ4n) is 2.39. The first kappa shape index (κ1) is 15.7. The highest BCUT2D eigenvalue weighted by atomic mass is 32.1. The number of benzene rings is 1. The Morgan fingerprint density at radius 2 is 2.08 bits per heavy atom. The summed E-state index contributed by atoms with van der Waals surface area (Å²) in [6.07, 6.45) is 1.47. The van der Waals surface area contributed by atoms with E-state index in [2.05, 4.69) is 10.3 Å². The number of carbonyl (C=O) groups excluding carboxylic acids is 2. The SMILES string of the molecule is O=C(NCc1ccc(C(=O)c2ccco2)s1)c1ccc2ncsc2c1. The van der Waals surface area contributed by atoms with Crippen LogP contribution >= 0.6 is 22.7 Å². The molecular formula is C18H12N2O3S2. The van der Waals surface area contributed by atoms with Gasteiger partial charge in [-0.25, -0.2) is 4.98 Å². The molecular weight excluding hydrogens is 356 g/mol. The lowest BCUT2D eigenvalue weighted by molar-refractivity contribution is 0.0950. The molecule has 1 amide bonds. The summed E-state index contributed by atoms with van der Waals surface area (Å²) < 4.78 is 6.11. The van der Waals surface area contributed by atoms with Gasteiger partial charge in [-0.2, -0.15) is 0 Å². The molecule has 4 rings (SSSR count). The van der Waals surface area contributed by atoms with Crippen LogP contribution in [-0.2, 0) is 6.54 Å². The second kappa shape index (κ2) is 6.62. The van der Waals surface area contributed by atoms with E-state index in [4.69, 9.17) is 4.42 Å². The van der Waals surface area contributed by atoms with Crippen LogP contribution < -0.4 is 5.32 Å². The highest BCUT2D eigenvalue weighted by Gasteiger charge is 2.15. The van der Waals surface area contributed by atoms with Gasteiger partial charge in [0, 0.05) is 10.4 Å². The lowest BCUT2D eigenvalue weighted by Gasteiger charge is -2.03. The average Bonchev–Trinajstić information content (AvgIpc) is 3.39. The molecule has 0 bridgehead atoms. The third-order valence-corrected chi connectivity index (χ3v) is 5.52. The summed E-state index contributed by atoms with van der Waals surface area (Å²) in [6.45, 7) is 0.371. The zero-order valence-electron chi connectivity index (χ0n) is 12.9. The Hall–Kier alpha value is -2.77. The van der Waals surface area contributed by atoms with Gasteiger partial charge < -0.3 is 9.73 Å². The molecule has 0 saturated carbocycles. The molecule has 1 aromatic carbocycles. The Balaban J connectivity index is 1.42. The quantitative estimate of drug-likeness (QED) is 0.538. The summed E-state index contributed by atoms with van der Waals surface area (Å²) in [6, 6.07) is 12.3. The number of fused-ring (bicyclic) bond motifs is 1. The first-order valence-electron chi connectivity index (χ1n) is 7.49. The van der Waals surface area contributed by atoms with Crippen LogP contribution in [0.1, 0.15) is 30.7 Å². The molecule has 0 spiro atoms. The van der Waals surface area contributed by atoms with Gasteiger partial charge in [-0.05, 0) is 42.5 Å². The van der Waals surface area contributed by atoms with E-state index in [1.165, 1.54) is 28.9 Å². The number of carbonyl (C=O) groups is 2. The molecule has 3 aromatic heterocycles. The van der Waals surface area contributed by atoms with Crippen LogP contribution in [0.5, 0.6) is 0 Å². The molecule has 4 aromatic rings. The van der Waals surface area contributed by atoms with E-state index in [9.17, 15) is 9.59 Å². The predicted molar refractivity (Wildman–Crippen MR) is 97.2 cm³/mol. The highest BCUT2D eigenvalue weighted by molar-refractivity contribution is 7.16. The summed E-state index contributed by atoms with van der Waals surface area (Å²) in [5, 5.41) is 2.88. The number of rotatable bonds is 5. The number of thiazole rings is 1. The lowest BCUT2D eigenvalue weighted by Crippen LogP contribution is -2.22. The van der Waals surface area contributed by atoms with Crippen LogP contribution in [0.2, 0.25) is 0 Å². The molecule has 5 nitrogen and oxygen atoms in total. The summed E-state index contributed by atoms with van der Waals surface area (Å²) in [5.41, 5.74) is 3.25. The van der Waals surface area contributed by atoms with E-state index in [0.29, 0.717) is 22.7 Å². The van der Waals surface area contributed by atoms with E-state index in [1.807, 2.05) is 18.2 Å². The Bertz CT molecular complexity index is 1050. The summed E-state index contributed by atoms with van der Waals surface area (Å²) in [5.74, 6) is 0.0149. The average molecular weight is 368 g/mol. The fourth-order valence-corrected chi connectivity index (χ4v) is 4.00. The smallest absolute Gasteiger partial charge is 0.251 e. The second-order valence-electron chi connectivity index (χ2n) is 5.29. The Morgan fingerprint density at radius 3 is 2.92 bits per heavy atom. The maximum absolute atomic E-state index is 12.3. The number of hydrogen-bond donors (Lipinski definition) is 1. The van der Waals surface area contributed by atoms with Crippen LogP contribution in [0.4, 0.5) is 0 Å². The van der Waals surface area contributed by atoms with Crippen LogP contribution in [-0.4, -0.2) is 16.7 Å². The Kier molecular flexibility index (Phi) is 4.17. The molecule has 3 heterocycles. The summed E-state index contributed by atoms with van der Waals surface area (Å²) >= 11 is 2.85. The van der Waals surface area contributed by atoms with E-state index in [0.717, 1.165) is 15.1 Å². The van der Waals surface area contributed by atoms with Gasteiger partial charge in [-0.15, -0.1) is 22.7 Å². The summed E-state index contributed by atoms with van der Waals surface area (Å²) in [4.78, 5) is 30.2. The van der Waals surface area contributed by atoms with Gasteiger partial charge in [0.05, 0.1) is 33.4 Å². The van der Waals surface area contributed by atoms with Crippen molar-refractivity contribution in [2.24, 2.45) is 0 Å². The Labute approximate surface area is 150 Å². The molecule has 0 radical (unpaired) electrons. The molecule has 0 aliphatic heterocycles. The molecule has 1 N–H and O–H groups in total. The number of nitrogens with zero attached hydrogens (tertiary/aromatic N) is 1. The van der Waals surface area contributed by atoms with Crippen LogP contribution in [0.25, 0.3) is 10.2 Å². The van der Waals surface area contributed by atoms with Gasteiger partial charge in [-0.3, -0.25) is 9.59 Å². The van der Waals surface area contributed by atoms with Crippen molar-refractivity contribution >= 4 is 44.6 Å². The topological polar surface area (TPSA) is 72.2 Å². The van der Waals surface area contributed by atoms with E-state index in [1.54, 1.807) is 29.8 Å². The van der Waals surface area contributed by atoms with Gasteiger partial charge in [0.25, 0.3) is 5.91 Å². The molecule has 124 valence electrons. The first-order valence-corrected chi connectivity index (χ1v) is 9.19. The number of amides is 1. The molecule has 0 unspecified atom stereocenters. The molecule has 0 fully saturated rings. The number of aromatic nitrogens is 1. The van der Waals surface area contributed by atoms with Crippen LogP contribution in [0.15, 0.2) is 58.7 Å². The predicted octanol–water partition coefficient (Wildman–Crippen LogP) is 4.11. The van der Waals surface area contributed by atoms with Crippen LogP contribution in [0.3, 0.4) is 0 Å². The van der Waals surface area contributed by atoms with Crippen molar-refractivity contribution in [2.75, 3.05) is 0 Å². The maximum Gasteiger partial charge on any atom is 0.251 e. The minimum atomic E-state index is -0.150. The first-order chi connectivity index (χ1) is 12.2. The van der Waals surface area contributed by atoms with Crippen molar-refractivity contribution in [1.29, 1.82) is 0 Å². The van der Waals surface area contributed by atoms with E-state index >= 15 is 0 Å².